The number of pyridine rings is 1. The molecule has 6 nitrogen and oxygen atoms in total. The number of carbonyl (C=O) groups excluding carboxylic acids is 1. The van der Waals surface area contributed by atoms with Crippen molar-refractivity contribution in [2.45, 2.75) is 88.3 Å². The Morgan fingerprint density at radius 1 is 0.952 bits per heavy atom. The topological polar surface area (TPSA) is 72.5 Å². The van der Waals surface area contributed by atoms with Gasteiger partial charge in [-0.3, -0.25) is 14.7 Å². The second-order valence-corrected chi connectivity index (χ2v) is 13.8. The molecule has 0 saturated carbocycles. The highest BCUT2D eigenvalue weighted by Gasteiger charge is 2.66. The molecule has 4 aliphatic heterocycles. The Morgan fingerprint density at radius 2 is 1.86 bits per heavy atom. The van der Waals surface area contributed by atoms with Gasteiger partial charge in [-0.2, -0.15) is 0 Å². The number of piperidine rings is 1. The molecule has 42 heavy (non-hydrogen) atoms. The van der Waals surface area contributed by atoms with E-state index in [1.807, 2.05) is 6.20 Å². The number of aliphatic hydroxyl groups is 1. The number of fused-ring (bicyclic) bond motifs is 5. The van der Waals surface area contributed by atoms with Crippen LogP contribution in [0.25, 0.3) is 27.4 Å². The van der Waals surface area contributed by atoms with Gasteiger partial charge in [0.1, 0.15) is 11.4 Å². The molecule has 1 aromatic carbocycles. The van der Waals surface area contributed by atoms with Crippen molar-refractivity contribution in [2.75, 3.05) is 26.2 Å². The molecule has 1 aliphatic carbocycles. The number of rotatable bonds is 1. The summed E-state index contributed by atoms with van der Waals surface area (Å²) in [4.78, 5) is 26.8. The van der Waals surface area contributed by atoms with E-state index in [0.717, 1.165) is 87.0 Å². The fourth-order valence-electron chi connectivity index (χ4n) is 9.78. The Balaban J connectivity index is 1.34. The van der Waals surface area contributed by atoms with Crippen LogP contribution in [0.3, 0.4) is 0 Å². The van der Waals surface area contributed by atoms with E-state index < -0.39 is 5.60 Å². The third-order valence-corrected chi connectivity index (χ3v) is 11.5. The SMILES string of the molecule is O=C1CCCN2C(CC1)CC13CN4CCCC/C=C\CCC(O)(C(c5nccc6c5[nH]c5ccccc56)=CC1CC4)C23. The number of benzene rings is 1. The number of nitrogens with one attached hydrogen (secondary N) is 1. The molecular formula is C36H44N4O2. The highest BCUT2D eigenvalue weighted by atomic mass is 16.3. The van der Waals surface area contributed by atoms with Crippen LogP contribution in [0.4, 0.5) is 0 Å². The number of ketones is 1. The first kappa shape index (κ1) is 26.8. The minimum atomic E-state index is -1.03. The molecule has 3 bridgehead atoms. The highest BCUT2D eigenvalue weighted by Crippen LogP contribution is 2.61. The van der Waals surface area contributed by atoms with Crippen molar-refractivity contribution in [3.8, 4) is 0 Å². The van der Waals surface area contributed by atoms with Crippen LogP contribution in [0, 0.1) is 11.3 Å². The van der Waals surface area contributed by atoms with Crippen LogP contribution >= 0.6 is 0 Å². The summed E-state index contributed by atoms with van der Waals surface area (Å²) in [5.74, 6) is 0.806. The fraction of sp³-hybridized carbons (Fsp3) is 0.556. The lowest BCUT2D eigenvalue weighted by Gasteiger charge is -2.58. The lowest BCUT2D eigenvalue weighted by Crippen LogP contribution is -2.66. The number of nitrogens with zero attached hydrogens (tertiary/aromatic N) is 3. The molecule has 0 amide bonds. The molecular weight excluding hydrogens is 520 g/mol. The van der Waals surface area contributed by atoms with E-state index in [-0.39, 0.29) is 11.5 Å². The monoisotopic (exact) mass is 564 g/mol. The van der Waals surface area contributed by atoms with Crippen LogP contribution in [0.15, 0.2) is 54.8 Å². The van der Waals surface area contributed by atoms with Crippen molar-refractivity contribution < 1.29 is 9.90 Å². The van der Waals surface area contributed by atoms with E-state index in [0.29, 0.717) is 37.0 Å². The molecule has 3 fully saturated rings. The van der Waals surface area contributed by atoms with Gasteiger partial charge in [0.25, 0.3) is 0 Å². The van der Waals surface area contributed by atoms with Crippen molar-refractivity contribution >= 4 is 33.2 Å². The normalized spacial score (nSPS) is 36.7. The van der Waals surface area contributed by atoms with Gasteiger partial charge in [-0.1, -0.05) is 36.4 Å². The molecule has 3 aromatic rings. The summed E-state index contributed by atoms with van der Waals surface area (Å²) in [6, 6.07) is 11.0. The summed E-state index contributed by atoms with van der Waals surface area (Å²) in [5, 5.41) is 15.8. The smallest absolute Gasteiger partial charge is 0.133 e. The average Bonchev–Trinajstić information content (AvgIpc) is 3.52. The van der Waals surface area contributed by atoms with Gasteiger partial charge in [0.05, 0.1) is 17.3 Å². The summed E-state index contributed by atoms with van der Waals surface area (Å²) >= 11 is 0. The van der Waals surface area contributed by atoms with E-state index in [1.54, 1.807) is 0 Å². The minimum absolute atomic E-state index is 0.0132. The van der Waals surface area contributed by atoms with E-state index in [9.17, 15) is 9.90 Å². The third kappa shape index (κ3) is 4.16. The predicted molar refractivity (Wildman–Crippen MR) is 168 cm³/mol. The van der Waals surface area contributed by atoms with Crippen molar-refractivity contribution in [3.63, 3.8) is 0 Å². The number of allylic oxidation sites excluding steroid dienone is 3. The zero-order valence-electron chi connectivity index (χ0n) is 24.7. The van der Waals surface area contributed by atoms with Crippen LogP contribution in [0.5, 0.6) is 0 Å². The molecule has 2 aromatic heterocycles. The van der Waals surface area contributed by atoms with E-state index in [1.165, 1.54) is 23.6 Å². The Kier molecular flexibility index (Phi) is 6.65. The van der Waals surface area contributed by atoms with Crippen LogP contribution in [0.2, 0.25) is 0 Å². The van der Waals surface area contributed by atoms with Gasteiger partial charge in [0.15, 0.2) is 0 Å². The van der Waals surface area contributed by atoms with E-state index in [4.69, 9.17) is 4.98 Å². The number of carbonyl (C=O) groups is 1. The Bertz CT molecular complexity index is 1570. The summed E-state index contributed by atoms with van der Waals surface area (Å²) in [6.07, 6.45) is 19.5. The molecule has 1 spiro atoms. The van der Waals surface area contributed by atoms with Gasteiger partial charge in [0.2, 0.25) is 0 Å². The molecule has 6 atom stereocenters. The van der Waals surface area contributed by atoms with Crippen molar-refractivity contribution in [3.05, 3.63) is 60.5 Å². The molecule has 8 rings (SSSR count). The average molecular weight is 565 g/mol. The number of para-hydroxylation sites is 1. The Morgan fingerprint density at radius 3 is 2.81 bits per heavy atom. The number of Topliss-reactive ketones (excluding diaryl/α,β-unsaturated/α-hetero) is 1. The van der Waals surface area contributed by atoms with Crippen molar-refractivity contribution in [2.24, 2.45) is 11.3 Å². The van der Waals surface area contributed by atoms with Gasteiger partial charge in [-0.05, 0) is 95.5 Å². The van der Waals surface area contributed by atoms with Crippen LogP contribution in [-0.2, 0) is 4.79 Å². The number of aromatic amines is 1. The first-order valence-corrected chi connectivity index (χ1v) is 16.5. The molecule has 6 heteroatoms. The Hall–Kier alpha value is -2.80. The second kappa shape index (κ2) is 10.4. The zero-order valence-corrected chi connectivity index (χ0v) is 24.7. The maximum atomic E-state index is 13.5. The molecule has 220 valence electrons. The fourth-order valence-corrected chi connectivity index (χ4v) is 9.78. The third-order valence-electron chi connectivity index (χ3n) is 11.5. The molecule has 0 radical (unpaired) electrons. The summed E-state index contributed by atoms with van der Waals surface area (Å²) in [6.45, 7) is 4.20. The van der Waals surface area contributed by atoms with Gasteiger partial charge in [-0.25, -0.2) is 0 Å². The van der Waals surface area contributed by atoms with Crippen LogP contribution in [-0.4, -0.2) is 74.5 Å². The zero-order chi connectivity index (χ0) is 28.3. The number of hydrogen-bond donors (Lipinski definition) is 2. The van der Waals surface area contributed by atoms with Crippen molar-refractivity contribution in [1.29, 1.82) is 0 Å². The highest BCUT2D eigenvalue weighted by molar-refractivity contribution is 6.10. The second-order valence-electron chi connectivity index (χ2n) is 13.8. The Labute approximate surface area is 248 Å². The maximum absolute atomic E-state index is 13.5. The quantitative estimate of drug-likeness (QED) is 0.342. The lowest BCUT2D eigenvalue weighted by molar-refractivity contribution is -0.120. The largest absolute Gasteiger partial charge is 0.383 e. The van der Waals surface area contributed by atoms with Gasteiger partial charge >= 0.3 is 0 Å². The molecule has 3 saturated heterocycles. The van der Waals surface area contributed by atoms with Crippen LogP contribution < -0.4 is 0 Å². The minimum Gasteiger partial charge on any atom is -0.383 e. The van der Waals surface area contributed by atoms with Gasteiger partial charge in [0, 0.05) is 58.9 Å². The summed E-state index contributed by atoms with van der Waals surface area (Å²) in [5.41, 5.74) is 3.05. The maximum Gasteiger partial charge on any atom is 0.133 e. The standard InChI is InChI=1S/C36H44N4O2/c41-27-10-9-20-40-26(13-14-27)23-35-24-39-19-8-4-2-1-3-7-17-36(42,34(35)40)30(22-25(35)16-21-39)33-32-29(15-18-37-33)28-11-5-6-12-31(28)38-32/h1,3,5-6,11-12,15,18,22,25-26,34,38,42H,2,4,7-10,13-14,16-17,19-21,23-24H2/b3-1-. The first-order chi connectivity index (χ1) is 20.6. The van der Waals surface area contributed by atoms with Gasteiger partial charge in [-0.15, -0.1) is 0 Å². The first-order valence-electron chi connectivity index (χ1n) is 16.5. The summed E-state index contributed by atoms with van der Waals surface area (Å²) in [7, 11) is 0. The number of H-pyrrole nitrogens is 1. The van der Waals surface area contributed by atoms with Crippen molar-refractivity contribution in [1.82, 2.24) is 19.8 Å². The summed E-state index contributed by atoms with van der Waals surface area (Å²) < 4.78 is 0. The van der Waals surface area contributed by atoms with E-state index >= 15 is 0 Å². The molecule has 6 heterocycles. The molecule has 6 unspecified atom stereocenters. The molecule has 2 N–H and O–H groups in total. The lowest BCUT2D eigenvalue weighted by atomic mass is 9.55. The van der Waals surface area contributed by atoms with E-state index in [2.05, 4.69) is 63.3 Å². The number of aromatic nitrogens is 2. The van der Waals surface area contributed by atoms with Crippen LogP contribution in [0.1, 0.15) is 76.3 Å². The number of hydrogen-bond acceptors (Lipinski definition) is 5. The predicted octanol–water partition coefficient (Wildman–Crippen LogP) is 6.26. The van der Waals surface area contributed by atoms with Gasteiger partial charge < -0.3 is 15.0 Å². The molecule has 5 aliphatic rings.